The molecule has 2 rings (SSSR count). The Morgan fingerprint density at radius 1 is 1.29 bits per heavy atom. The van der Waals surface area contributed by atoms with Gasteiger partial charge in [-0.2, -0.15) is 0 Å². The average Bonchev–Trinajstić information content (AvgIpc) is 2.80. The Labute approximate surface area is 98.4 Å². The van der Waals surface area contributed by atoms with Crippen LogP contribution in [-0.4, -0.2) is 17.1 Å². The fourth-order valence-electron chi connectivity index (χ4n) is 1.51. The molecule has 0 fully saturated rings. The summed E-state index contributed by atoms with van der Waals surface area (Å²) in [5, 5.41) is 0. The van der Waals surface area contributed by atoms with E-state index in [0.717, 1.165) is 5.69 Å². The quantitative estimate of drug-likeness (QED) is 0.763. The van der Waals surface area contributed by atoms with Crippen molar-refractivity contribution in [2.45, 2.75) is 6.92 Å². The first-order chi connectivity index (χ1) is 8.20. The second kappa shape index (κ2) is 4.82. The molecule has 17 heavy (non-hydrogen) atoms. The molecule has 0 aliphatic rings. The predicted octanol–water partition coefficient (Wildman–Crippen LogP) is 2.79. The standard InChI is InChI=1S/C13H12FNO2/c1-2-17-13(16)10-7-8-15(9-10)12-5-3-11(14)4-6-12/h3-9H,2H2,1H3. The van der Waals surface area contributed by atoms with Gasteiger partial charge in [0, 0.05) is 18.1 Å². The third-order valence-electron chi connectivity index (χ3n) is 2.33. The van der Waals surface area contributed by atoms with Crippen molar-refractivity contribution >= 4 is 5.97 Å². The maximum Gasteiger partial charge on any atom is 0.339 e. The molecule has 0 amide bonds. The molecule has 0 saturated heterocycles. The Balaban J connectivity index is 2.23. The first kappa shape index (κ1) is 11.4. The molecule has 0 spiro atoms. The van der Waals surface area contributed by atoms with Crippen LogP contribution < -0.4 is 0 Å². The van der Waals surface area contributed by atoms with E-state index in [4.69, 9.17) is 4.74 Å². The van der Waals surface area contributed by atoms with Crippen molar-refractivity contribution in [2.75, 3.05) is 6.61 Å². The number of benzene rings is 1. The molecule has 0 aliphatic heterocycles. The van der Waals surface area contributed by atoms with Gasteiger partial charge >= 0.3 is 5.97 Å². The highest BCUT2D eigenvalue weighted by atomic mass is 19.1. The average molecular weight is 233 g/mol. The van der Waals surface area contributed by atoms with Gasteiger partial charge in [0.2, 0.25) is 0 Å². The van der Waals surface area contributed by atoms with E-state index in [1.807, 2.05) is 0 Å². The first-order valence-electron chi connectivity index (χ1n) is 5.32. The third-order valence-corrected chi connectivity index (χ3v) is 2.33. The highest BCUT2D eigenvalue weighted by molar-refractivity contribution is 5.89. The van der Waals surface area contributed by atoms with Gasteiger partial charge in [0.25, 0.3) is 0 Å². The molecule has 0 aliphatic carbocycles. The Bertz CT molecular complexity index is 516. The van der Waals surface area contributed by atoms with E-state index in [1.165, 1.54) is 12.1 Å². The Morgan fingerprint density at radius 3 is 2.65 bits per heavy atom. The number of hydrogen-bond acceptors (Lipinski definition) is 2. The minimum Gasteiger partial charge on any atom is -0.462 e. The number of aromatic nitrogens is 1. The van der Waals surface area contributed by atoms with Gasteiger partial charge < -0.3 is 9.30 Å². The molecule has 0 unspecified atom stereocenters. The number of rotatable bonds is 3. The summed E-state index contributed by atoms with van der Waals surface area (Å²) >= 11 is 0. The molecule has 0 N–H and O–H groups in total. The number of carbonyl (C=O) groups is 1. The lowest BCUT2D eigenvalue weighted by atomic mass is 10.3. The highest BCUT2D eigenvalue weighted by Crippen LogP contribution is 2.12. The summed E-state index contributed by atoms with van der Waals surface area (Å²) in [4.78, 5) is 11.4. The molecule has 0 bridgehead atoms. The zero-order valence-electron chi connectivity index (χ0n) is 9.39. The van der Waals surface area contributed by atoms with Gasteiger partial charge in [-0.3, -0.25) is 0 Å². The van der Waals surface area contributed by atoms with Crippen LogP contribution in [0.2, 0.25) is 0 Å². The molecule has 3 nitrogen and oxygen atoms in total. The maximum absolute atomic E-state index is 12.8. The van der Waals surface area contributed by atoms with Crippen molar-refractivity contribution in [1.29, 1.82) is 0 Å². The summed E-state index contributed by atoms with van der Waals surface area (Å²) < 4.78 is 19.4. The van der Waals surface area contributed by atoms with Gasteiger partial charge in [-0.15, -0.1) is 0 Å². The van der Waals surface area contributed by atoms with Crippen LogP contribution in [0.3, 0.4) is 0 Å². The molecule has 0 atom stereocenters. The van der Waals surface area contributed by atoms with Crippen LogP contribution in [-0.2, 0) is 4.74 Å². The van der Waals surface area contributed by atoms with Crippen LogP contribution in [0.15, 0.2) is 42.7 Å². The number of hydrogen-bond donors (Lipinski definition) is 0. The van der Waals surface area contributed by atoms with Crippen LogP contribution in [0.4, 0.5) is 4.39 Å². The number of ether oxygens (including phenoxy) is 1. The van der Waals surface area contributed by atoms with Crippen LogP contribution in [0, 0.1) is 5.82 Å². The van der Waals surface area contributed by atoms with Crippen molar-refractivity contribution in [1.82, 2.24) is 4.57 Å². The smallest absolute Gasteiger partial charge is 0.339 e. The van der Waals surface area contributed by atoms with E-state index < -0.39 is 0 Å². The van der Waals surface area contributed by atoms with Crippen LogP contribution in [0.25, 0.3) is 5.69 Å². The van der Waals surface area contributed by atoms with Gasteiger partial charge in [-0.05, 0) is 37.3 Å². The summed E-state index contributed by atoms with van der Waals surface area (Å²) in [6.45, 7) is 2.11. The largest absolute Gasteiger partial charge is 0.462 e. The van der Waals surface area contributed by atoms with E-state index in [9.17, 15) is 9.18 Å². The monoisotopic (exact) mass is 233 g/mol. The van der Waals surface area contributed by atoms with E-state index in [0.29, 0.717) is 12.2 Å². The number of halogens is 1. The Hall–Kier alpha value is -2.10. The lowest BCUT2D eigenvalue weighted by molar-refractivity contribution is 0.0526. The topological polar surface area (TPSA) is 31.2 Å². The zero-order chi connectivity index (χ0) is 12.3. The lowest BCUT2D eigenvalue weighted by Crippen LogP contribution is -2.03. The Morgan fingerprint density at radius 2 is 2.00 bits per heavy atom. The van der Waals surface area contributed by atoms with E-state index in [2.05, 4.69) is 0 Å². The first-order valence-corrected chi connectivity index (χ1v) is 5.32. The predicted molar refractivity (Wildman–Crippen MR) is 61.7 cm³/mol. The normalized spacial score (nSPS) is 10.2. The van der Waals surface area contributed by atoms with Crippen LogP contribution in [0.1, 0.15) is 17.3 Å². The summed E-state index contributed by atoms with van der Waals surface area (Å²) in [5.74, 6) is -0.639. The molecular weight excluding hydrogens is 221 g/mol. The summed E-state index contributed by atoms with van der Waals surface area (Å²) in [6, 6.07) is 7.70. The minimum absolute atomic E-state index is 0.286. The van der Waals surface area contributed by atoms with E-state index in [-0.39, 0.29) is 11.8 Å². The van der Waals surface area contributed by atoms with Gasteiger partial charge in [0.05, 0.1) is 12.2 Å². The van der Waals surface area contributed by atoms with Crippen molar-refractivity contribution in [3.8, 4) is 5.69 Å². The molecule has 1 aromatic heterocycles. The summed E-state index contributed by atoms with van der Waals surface area (Å²) in [6.07, 6.45) is 3.39. The molecule has 0 radical (unpaired) electrons. The molecule has 1 aromatic carbocycles. The molecule has 2 aromatic rings. The van der Waals surface area contributed by atoms with Gasteiger partial charge in [0.15, 0.2) is 0 Å². The molecule has 88 valence electrons. The van der Waals surface area contributed by atoms with Crippen molar-refractivity contribution in [3.05, 3.63) is 54.1 Å². The lowest BCUT2D eigenvalue weighted by Gasteiger charge is -2.02. The van der Waals surface area contributed by atoms with Gasteiger partial charge in [0.1, 0.15) is 5.82 Å². The minimum atomic E-state index is -0.353. The van der Waals surface area contributed by atoms with E-state index in [1.54, 1.807) is 42.1 Å². The molecular formula is C13H12FNO2. The van der Waals surface area contributed by atoms with Crippen LogP contribution in [0.5, 0.6) is 0 Å². The van der Waals surface area contributed by atoms with E-state index >= 15 is 0 Å². The zero-order valence-corrected chi connectivity index (χ0v) is 9.39. The highest BCUT2D eigenvalue weighted by Gasteiger charge is 2.08. The van der Waals surface area contributed by atoms with Gasteiger partial charge in [-0.1, -0.05) is 0 Å². The van der Waals surface area contributed by atoms with Gasteiger partial charge in [-0.25, -0.2) is 9.18 Å². The third kappa shape index (κ3) is 2.53. The molecule has 1 heterocycles. The second-order valence-electron chi connectivity index (χ2n) is 3.50. The fraction of sp³-hybridized carbons (Fsp3) is 0.154. The summed E-state index contributed by atoms with van der Waals surface area (Å²) in [7, 11) is 0. The fourth-order valence-corrected chi connectivity index (χ4v) is 1.51. The second-order valence-corrected chi connectivity index (χ2v) is 3.50. The van der Waals surface area contributed by atoms with Crippen LogP contribution >= 0.6 is 0 Å². The number of esters is 1. The SMILES string of the molecule is CCOC(=O)c1ccn(-c2ccc(F)cc2)c1. The maximum atomic E-state index is 12.8. The summed E-state index contributed by atoms with van der Waals surface area (Å²) in [5.41, 5.74) is 1.28. The van der Waals surface area contributed by atoms with Crippen molar-refractivity contribution in [3.63, 3.8) is 0 Å². The number of carbonyl (C=O) groups excluding carboxylic acids is 1. The molecule has 4 heteroatoms. The van der Waals surface area contributed by atoms with Crippen molar-refractivity contribution in [2.24, 2.45) is 0 Å². The van der Waals surface area contributed by atoms with Crippen molar-refractivity contribution < 1.29 is 13.9 Å². The number of nitrogens with zero attached hydrogens (tertiary/aromatic N) is 1. The molecule has 0 saturated carbocycles. The Kier molecular flexibility index (Phi) is 3.23.